The highest BCUT2D eigenvalue weighted by atomic mass is 19.1. The van der Waals surface area contributed by atoms with Crippen molar-refractivity contribution in [3.05, 3.63) is 35.4 Å². The molecule has 2 aromatic rings. The van der Waals surface area contributed by atoms with Crippen LogP contribution >= 0.6 is 0 Å². The molecule has 6 nitrogen and oxygen atoms in total. The van der Waals surface area contributed by atoms with Crippen molar-refractivity contribution in [3.8, 4) is 5.75 Å². The first kappa shape index (κ1) is 14.4. The van der Waals surface area contributed by atoms with Gasteiger partial charge in [0, 0.05) is 6.04 Å². The predicted molar refractivity (Wildman–Crippen MR) is 71.6 cm³/mol. The molecule has 20 heavy (non-hydrogen) atoms. The molecule has 7 heteroatoms. The van der Waals surface area contributed by atoms with Crippen LogP contribution in [0.2, 0.25) is 0 Å². The third-order valence-corrected chi connectivity index (χ3v) is 2.87. The summed E-state index contributed by atoms with van der Waals surface area (Å²) in [7, 11) is 1.66. The smallest absolute Gasteiger partial charge is 0.212 e. The Hall–Kier alpha value is -2.02. The molecule has 1 unspecified atom stereocenters. The fourth-order valence-electron chi connectivity index (χ4n) is 1.85. The van der Waals surface area contributed by atoms with Crippen LogP contribution in [0.1, 0.15) is 31.3 Å². The fraction of sp³-hybridized carbons (Fsp3) is 0.462. The summed E-state index contributed by atoms with van der Waals surface area (Å²) >= 11 is 0. The Bertz CT molecular complexity index is 572. The maximum atomic E-state index is 13.9. The van der Waals surface area contributed by atoms with E-state index in [4.69, 9.17) is 4.74 Å². The number of nitrogens with one attached hydrogen (secondary N) is 1. The maximum Gasteiger partial charge on any atom is 0.212 e. The second-order valence-corrected chi connectivity index (χ2v) is 4.45. The summed E-state index contributed by atoms with van der Waals surface area (Å²) in [5, 5.41) is 14.7. The zero-order chi connectivity index (χ0) is 14.5. The van der Waals surface area contributed by atoms with Gasteiger partial charge in [-0.2, -0.15) is 4.80 Å². The fourth-order valence-corrected chi connectivity index (χ4v) is 1.85. The number of hydrogen-bond acceptors (Lipinski definition) is 5. The maximum absolute atomic E-state index is 13.9. The van der Waals surface area contributed by atoms with Gasteiger partial charge >= 0.3 is 0 Å². The van der Waals surface area contributed by atoms with Gasteiger partial charge in [-0.3, -0.25) is 0 Å². The van der Waals surface area contributed by atoms with E-state index in [1.54, 1.807) is 13.1 Å². The largest absolute Gasteiger partial charge is 0.482 e. The number of halogens is 1. The van der Waals surface area contributed by atoms with E-state index in [2.05, 4.69) is 20.7 Å². The highest BCUT2D eigenvalue weighted by molar-refractivity contribution is 5.30. The molecule has 0 saturated carbocycles. The van der Waals surface area contributed by atoms with Crippen molar-refractivity contribution < 1.29 is 9.13 Å². The molecule has 0 spiro atoms. The van der Waals surface area contributed by atoms with Gasteiger partial charge in [0.25, 0.3) is 0 Å². The molecule has 1 atom stereocenters. The molecule has 0 aliphatic rings. The molecule has 0 bridgehead atoms. The van der Waals surface area contributed by atoms with Crippen LogP contribution in [0, 0.1) is 5.82 Å². The van der Waals surface area contributed by atoms with Crippen molar-refractivity contribution in [2.75, 3.05) is 6.54 Å². The topological polar surface area (TPSA) is 64.9 Å². The van der Waals surface area contributed by atoms with Gasteiger partial charge in [-0.05, 0) is 36.4 Å². The quantitative estimate of drug-likeness (QED) is 0.870. The first-order valence-electron chi connectivity index (χ1n) is 6.48. The summed E-state index contributed by atoms with van der Waals surface area (Å²) in [6, 6.07) is 5.04. The molecule has 0 radical (unpaired) electrons. The van der Waals surface area contributed by atoms with Crippen LogP contribution in [0.3, 0.4) is 0 Å². The normalized spacial score (nSPS) is 12.4. The van der Waals surface area contributed by atoms with Crippen LogP contribution in [-0.4, -0.2) is 26.8 Å². The molecule has 1 heterocycles. The van der Waals surface area contributed by atoms with E-state index < -0.39 is 5.82 Å². The molecular formula is C13H18FN5O. The standard InChI is InChI=1S/C13H18FN5O/c1-4-15-9(2)10-5-6-12(11(14)7-10)20-8-13-16-18-19(3)17-13/h5-7,9,15H,4,8H2,1-3H3. The Balaban J connectivity index is 2.02. The number of aromatic nitrogens is 4. The van der Waals surface area contributed by atoms with Gasteiger partial charge in [0.15, 0.2) is 18.2 Å². The molecule has 0 saturated heterocycles. The van der Waals surface area contributed by atoms with Crippen LogP contribution in [0.25, 0.3) is 0 Å². The summed E-state index contributed by atoms with van der Waals surface area (Å²) in [5.74, 6) is 0.207. The van der Waals surface area contributed by atoms with E-state index in [0.29, 0.717) is 5.82 Å². The summed E-state index contributed by atoms with van der Waals surface area (Å²) in [6.07, 6.45) is 0. The number of nitrogens with zero attached hydrogens (tertiary/aromatic N) is 4. The Morgan fingerprint density at radius 2 is 2.25 bits per heavy atom. The van der Waals surface area contributed by atoms with Crippen molar-refractivity contribution >= 4 is 0 Å². The van der Waals surface area contributed by atoms with Gasteiger partial charge in [-0.25, -0.2) is 4.39 Å². The van der Waals surface area contributed by atoms with Gasteiger partial charge in [-0.15, -0.1) is 10.2 Å². The zero-order valence-electron chi connectivity index (χ0n) is 11.8. The Morgan fingerprint density at radius 3 is 2.85 bits per heavy atom. The second kappa shape index (κ2) is 6.42. The summed E-state index contributed by atoms with van der Waals surface area (Å²) < 4.78 is 19.3. The molecule has 1 aromatic heterocycles. The number of aryl methyl sites for hydroxylation is 1. The number of ether oxygens (including phenoxy) is 1. The van der Waals surface area contributed by atoms with Crippen molar-refractivity contribution in [2.24, 2.45) is 7.05 Å². The summed E-state index contributed by atoms with van der Waals surface area (Å²) in [4.78, 5) is 1.33. The molecule has 1 aromatic carbocycles. The Morgan fingerprint density at radius 1 is 1.45 bits per heavy atom. The van der Waals surface area contributed by atoms with E-state index >= 15 is 0 Å². The van der Waals surface area contributed by atoms with Gasteiger partial charge in [-0.1, -0.05) is 13.0 Å². The molecule has 2 rings (SSSR count). The minimum Gasteiger partial charge on any atom is -0.482 e. The van der Waals surface area contributed by atoms with Crippen molar-refractivity contribution in [1.82, 2.24) is 25.5 Å². The van der Waals surface area contributed by atoms with Crippen molar-refractivity contribution in [3.63, 3.8) is 0 Å². The summed E-state index contributed by atoms with van der Waals surface area (Å²) in [6.45, 7) is 4.92. The molecule has 0 aliphatic heterocycles. The van der Waals surface area contributed by atoms with Crippen LogP contribution in [0.5, 0.6) is 5.75 Å². The third kappa shape index (κ3) is 3.51. The Kier molecular flexibility index (Phi) is 4.62. The minimum atomic E-state index is -0.392. The first-order valence-corrected chi connectivity index (χ1v) is 6.48. The van der Waals surface area contributed by atoms with Gasteiger partial charge < -0.3 is 10.1 Å². The van der Waals surface area contributed by atoms with E-state index in [1.165, 1.54) is 10.9 Å². The van der Waals surface area contributed by atoms with Gasteiger partial charge in [0.2, 0.25) is 5.82 Å². The first-order chi connectivity index (χ1) is 9.60. The number of rotatable bonds is 6. The number of hydrogen-bond donors (Lipinski definition) is 1. The third-order valence-electron chi connectivity index (χ3n) is 2.87. The lowest BCUT2D eigenvalue weighted by atomic mass is 10.1. The van der Waals surface area contributed by atoms with Crippen molar-refractivity contribution in [2.45, 2.75) is 26.5 Å². The molecule has 0 aliphatic carbocycles. The number of tetrazole rings is 1. The highest BCUT2D eigenvalue weighted by Crippen LogP contribution is 2.22. The van der Waals surface area contributed by atoms with Crippen LogP contribution in [0.4, 0.5) is 4.39 Å². The Labute approximate surface area is 116 Å². The summed E-state index contributed by atoms with van der Waals surface area (Å²) in [5.41, 5.74) is 0.884. The minimum absolute atomic E-state index is 0.0901. The van der Waals surface area contributed by atoms with E-state index in [9.17, 15) is 4.39 Å². The predicted octanol–water partition coefficient (Wildman–Crippen LogP) is 1.60. The SMILES string of the molecule is CCNC(C)c1ccc(OCc2nnn(C)n2)c(F)c1. The van der Waals surface area contributed by atoms with Crippen LogP contribution < -0.4 is 10.1 Å². The molecule has 108 valence electrons. The molecule has 0 amide bonds. The number of benzene rings is 1. The van der Waals surface area contributed by atoms with Crippen molar-refractivity contribution in [1.29, 1.82) is 0 Å². The van der Waals surface area contributed by atoms with E-state index in [-0.39, 0.29) is 18.4 Å². The lowest BCUT2D eigenvalue weighted by Crippen LogP contribution is -2.17. The lowest BCUT2D eigenvalue weighted by Gasteiger charge is -2.14. The lowest BCUT2D eigenvalue weighted by molar-refractivity contribution is 0.280. The van der Waals surface area contributed by atoms with Gasteiger partial charge in [0.05, 0.1) is 7.05 Å². The average molecular weight is 279 g/mol. The average Bonchev–Trinajstić information content (AvgIpc) is 2.83. The highest BCUT2D eigenvalue weighted by Gasteiger charge is 2.10. The van der Waals surface area contributed by atoms with E-state index in [1.807, 2.05) is 19.9 Å². The zero-order valence-corrected chi connectivity index (χ0v) is 11.8. The van der Waals surface area contributed by atoms with Gasteiger partial charge in [0.1, 0.15) is 0 Å². The van der Waals surface area contributed by atoms with Crippen LogP contribution in [-0.2, 0) is 13.7 Å². The molecule has 0 fully saturated rings. The molecular weight excluding hydrogens is 261 g/mol. The monoisotopic (exact) mass is 279 g/mol. The van der Waals surface area contributed by atoms with Crippen LogP contribution in [0.15, 0.2) is 18.2 Å². The molecule has 1 N–H and O–H groups in total. The van der Waals surface area contributed by atoms with E-state index in [0.717, 1.165) is 12.1 Å². The second-order valence-electron chi connectivity index (χ2n) is 4.45.